The lowest BCUT2D eigenvalue weighted by molar-refractivity contribution is 0.590. The number of hydrogen-bond acceptors (Lipinski definition) is 1. The van der Waals surface area contributed by atoms with Gasteiger partial charge in [-0.25, -0.2) is 0 Å². The molecule has 0 aromatic heterocycles. The van der Waals surface area contributed by atoms with Crippen LogP contribution < -0.4 is 4.90 Å². The van der Waals surface area contributed by atoms with Gasteiger partial charge in [-0.15, -0.1) is 0 Å². The second-order valence-corrected chi connectivity index (χ2v) is 13.9. The molecule has 0 saturated heterocycles. The minimum Gasteiger partial charge on any atom is -0.310 e. The van der Waals surface area contributed by atoms with Crippen LogP contribution in [-0.2, 0) is 16.2 Å². The maximum absolute atomic E-state index is 3.69. The molecule has 5 rings (SSSR count). The first-order chi connectivity index (χ1) is 17.3. The van der Waals surface area contributed by atoms with Crippen molar-refractivity contribution in [3.05, 3.63) is 112 Å². The van der Waals surface area contributed by atoms with E-state index in [-0.39, 0.29) is 16.2 Å². The summed E-state index contributed by atoms with van der Waals surface area (Å²) in [6.45, 7) is 18.3. The van der Waals surface area contributed by atoms with E-state index < -0.39 is 0 Å². The average molecular weight is 553 g/mol. The van der Waals surface area contributed by atoms with Crippen LogP contribution in [-0.4, -0.2) is 0 Å². The van der Waals surface area contributed by atoms with Gasteiger partial charge in [-0.2, -0.15) is 0 Å². The van der Waals surface area contributed by atoms with Gasteiger partial charge in [-0.3, -0.25) is 0 Å². The molecule has 0 unspecified atom stereocenters. The molecule has 0 heterocycles. The highest BCUT2D eigenvalue weighted by atomic mass is 79.9. The third-order valence-corrected chi connectivity index (χ3v) is 8.36. The quantitative estimate of drug-likeness (QED) is 0.244. The number of benzene rings is 4. The predicted octanol–water partition coefficient (Wildman–Crippen LogP) is 10.8. The van der Waals surface area contributed by atoms with Gasteiger partial charge in [0.1, 0.15) is 0 Å². The summed E-state index contributed by atoms with van der Waals surface area (Å²) in [7, 11) is 0. The molecular formula is C35H38BrN. The minimum absolute atomic E-state index is 0.0672. The van der Waals surface area contributed by atoms with E-state index in [2.05, 4.69) is 161 Å². The highest BCUT2D eigenvalue weighted by Gasteiger charge is 2.36. The van der Waals surface area contributed by atoms with Crippen LogP contribution in [0.5, 0.6) is 0 Å². The molecule has 1 nitrogen and oxygen atoms in total. The monoisotopic (exact) mass is 551 g/mol. The third kappa shape index (κ3) is 4.66. The lowest BCUT2D eigenvalue weighted by Gasteiger charge is -2.29. The van der Waals surface area contributed by atoms with Gasteiger partial charge in [-0.1, -0.05) is 108 Å². The van der Waals surface area contributed by atoms with E-state index in [1.54, 1.807) is 0 Å². The molecule has 0 N–H and O–H groups in total. The van der Waals surface area contributed by atoms with Crippen molar-refractivity contribution in [2.24, 2.45) is 0 Å². The molecule has 0 aliphatic heterocycles. The van der Waals surface area contributed by atoms with E-state index in [0.717, 1.165) is 4.47 Å². The SMILES string of the molecule is CC(C)(C)c1ccc(N(c2ccc(C(C)(C)C)cc2)c2ccc3c(c2)C(C)(C)c2cc(Br)ccc2-3)cc1. The normalized spacial score (nSPS) is 14.3. The minimum atomic E-state index is -0.0672. The third-order valence-electron chi connectivity index (χ3n) is 7.86. The fraction of sp³-hybridized carbons (Fsp3) is 0.314. The maximum Gasteiger partial charge on any atom is 0.0465 e. The van der Waals surface area contributed by atoms with Crippen molar-refractivity contribution in [3.8, 4) is 11.1 Å². The van der Waals surface area contributed by atoms with Crippen LogP contribution in [0.25, 0.3) is 11.1 Å². The molecule has 0 bridgehead atoms. The Labute approximate surface area is 231 Å². The highest BCUT2D eigenvalue weighted by molar-refractivity contribution is 9.10. The zero-order chi connectivity index (χ0) is 26.8. The number of fused-ring (bicyclic) bond motifs is 3. The smallest absolute Gasteiger partial charge is 0.0465 e. The summed E-state index contributed by atoms with van der Waals surface area (Å²) < 4.78 is 1.13. The van der Waals surface area contributed by atoms with E-state index in [1.165, 1.54) is 50.4 Å². The Hall–Kier alpha value is -2.84. The van der Waals surface area contributed by atoms with Crippen molar-refractivity contribution in [1.29, 1.82) is 0 Å². The van der Waals surface area contributed by atoms with Crippen LogP contribution in [0.4, 0.5) is 17.1 Å². The summed E-state index contributed by atoms with van der Waals surface area (Å²) in [4.78, 5) is 2.40. The number of rotatable bonds is 3. The number of nitrogens with zero attached hydrogens (tertiary/aromatic N) is 1. The molecule has 0 spiro atoms. The zero-order valence-electron chi connectivity index (χ0n) is 23.4. The molecule has 0 atom stereocenters. The van der Waals surface area contributed by atoms with Crippen molar-refractivity contribution in [1.82, 2.24) is 0 Å². The number of anilines is 3. The van der Waals surface area contributed by atoms with Gasteiger partial charge in [0.2, 0.25) is 0 Å². The van der Waals surface area contributed by atoms with Crippen LogP contribution in [0.3, 0.4) is 0 Å². The first kappa shape index (κ1) is 25.8. The van der Waals surface area contributed by atoms with Crippen LogP contribution in [0, 0.1) is 0 Å². The van der Waals surface area contributed by atoms with Crippen molar-refractivity contribution >= 4 is 33.0 Å². The first-order valence-corrected chi connectivity index (χ1v) is 14.0. The van der Waals surface area contributed by atoms with E-state index in [0.29, 0.717) is 0 Å². The van der Waals surface area contributed by atoms with E-state index >= 15 is 0 Å². The molecule has 4 aromatic rings. The molecule has 190 valence electrons. The van der Waals surface area contributed by atoms with Crippen molar-refractivity contribution in [2.75, 3.05) is 4.90 Å². The summed E-state index contributed by atoms with van der Waals surface area (Å²) >= 11 is 3.69. The van der Waals surface area contributed by atoms with Crippen LogP contribution in [0.2, 0.25) is 0 Å². The van der Waals surface area contributed by atoms with Gasteiger partial charge in [-0.05, 0) is 92.7 Å². The van der Waals surface area contributed by atoms with E-state index in [1.807, 2.05) is 0 Å². The maximum atomic E-state index is 3.69. The lowest BCUT2D eigenvalue weighted by atomic mass is 9.82. The Balaban J connectivity index is 1.65. The van der Waals surface area contributed by atoms with E-state index in [9.17, 15) is 0 Å². The van der Waals surface area contributed by atoms with Gasteiger partial charge in [0.05, 0.1) is 0 Å². The number of hydrogen-bond donors (Lipinski definition) is 0. The van der Waals surface area contributed by atoms with Gasteiger partial charge in [0.15, 0.2) is 0 Å². The summed E-state index contributed by atoms with van der Waals surface area (Å²) in [6, 6.07) is 31.8. The standard InChI is InChI=1S/C35H38BrN/c1-33(2,3)23-9-14-26(15-10-23)37(27-16-11-24(12-17-27)34(4,5)6)28-18-20-30-29-19-13-25(36)21-31(29)35(7,8)32(30)22-28/h9-22H,1-8H3. The van der Waals surface area contributed by atoms with Crippen LogP contribution >= 0.6 is 15.9 Å². The fourth-order valence-corrected chi connectivity index (χ4v) is 5.87. The Morgan fingerprint density at radius 3 is 1.41 bits per heavy atom. The van der Waals surface area contributed by atoms with Gasteiger partial charge >= 0.3 is 0 Å². The summed E-state index contributed by atoms with van der Waals surface area (Å²) in [5.41, 5.74) is 11.8. The molecule has 0 amide bonds. The molecule has 1 aliphatic carbocycles. The highest BCUT2D eigenvalue weighted by Crippen LogP contribution is 2.51. The second kappa shape index (κ2) is 8.88. The van der Waals surface area contributed by atoms with Gasteiger partial charge < -0.3 is 4.90 Å². The summed E-state index contributed by atoms with van der Waals surface area (Å²) in [6.07, 6.45) is 0. The predicted molar refractivity (Wildman–Crippen MR) is 164 cm³/mol. The Morgan fingerprint density at radius 1 is 0.541 bits per heavy atom. The molecule has 4 aromatic carbocycles. The molecule has 1 aliphatic rings. The molecule has 37 heavy (non-hydrogen) atoms. The summed E-state index contributed by atoms with van der Waals surface area (Å²) in [5, 5.41) is 0. The summed E-state index contributed by atoms with van der Waals surface area (Å²) in [5.74, 6) is 0. The van der Waals surface area contributed by atoms with E-state index in [4.69, 9.17) is 0 Å². The number of halogens is 1. The van der Waals surface area contributed by atoms with Crippen LogP contribution in [0.15, 0.2) is 89.4 Å². The van der Waals surface area contributed by atoms with Crippen molar-refractivity contribution in [2.45, 2.75) is 71.6 Å². The van der Waals surface area contributed by atoms with Crippen molar-refractivity contribution in [3.63, 3.8) is 0 Å². The Morgan fingerprint density at radius 2 is 0.946 bits per heavy atom. The second-order valence-electron chi connectivity index (χ2n) is 13.0. The lowest BCUT2D eigenvalue weighted by Crippen LogP contribution is -2.17. The zero-order valence-corrected chi connectivity index (χ0v) is 25.0. The fourth-order valence-electron chi connectivity index (χ4n) is 5.51. The molecular weight excluding hydrogens is 514 g/mol. The molecule has 0 fully saturated rings. The largest absolute Gasteiger partial charge is 0.310 e. The topological polar surface area (TPSA) is 3.24 Å². The molecule has 2 heteroatoms. The molecule has 0 radical (unpaired) electrons. The average Bonchev–Trinajstić information content (AvgIpc) is 3.05. The van der Waals surface area contributed by atoms with Crippen LogP contribution in [0.1, 0.15) is 77.6 Å². The molecule has 0 saturated carbocycles. The van der Waals surface area contributed by atoms with Gasteiger partial charge in [0, 0.05) is 26.9 Å². The van der Waals surface area contributed by atoms with Crippen molar-refractivity contribution < 1.29 is 0 Å². The first-order valence-electron chi connectivity index (χ1n) is 13.2. The Bertz CT molecular complexity index is 1390. The Kier molecular flexibility index (Phi) is 6.19. The van der Waals surface area contributed by atoms with Gasteiger partial charge in [0.25, 0.3) is 0 Å².